The molecule has 0 radical (unpaired) electrons. The largest absolute Gasteiger partial charge is 0.452 e. The predicted molar refractivity (Wildman–Crippen MR) is 98.1 cm³/mol. The monoisotopic (exact) mass is 338 g/mol. The van der Waals surface area contributed by atoms with Gasteiger partial charge in [0.2, 0.25) is 0 Å². The minimum absolute atomic E-state index is 0.0701. The number of benzene rings is 2. The summed E-state index contributed by atoms with van der Waals surface area (Å²) in [6, 6.07) is 15.1. The van der Waals surface area contributed by atoms with E-state index in [-0.39, 0.29) is 18.6 Å². The standard InChI is InChI=1S/C20H22N2O3/c1-14-11-15-7-4-5-10-18(15)22(14)19(23)13-25-20(24)16-8-6-9-17(12-16)21(2)3/h4-10,12,14H,11,13H2,1-3H3. The normalized spacial score (nSPS) is 15.6. The van der Waals surface area contributed by atoms with Crippen molar-refractivity contribution in [2.24, 2.45) is 0 Å². The number of nitrogens with zero attached hydrogens (tertiary/aromatic N) is 2. The first-order valence-corrected chi connectivity index (χ1v) is 8.32. The molecule has 1 atom stereocenters. The van der Waals surface area contributed by atoms with Crippen LogP contribution in [0.3, 0.4) is 0 Å². The summed E-state index contributed by atoms with van der Waals surface area (Å²) in [5, 5.41) is 0. The van der Waals surface area contributed by atoms with Crippen LogP contribution in [0.1, 0.15) is 22.8 Å². The Morgan fingerprint density at radius 1 is 1.16 bits per heavy atom. The molecule has 1 amide bonds. The fourth-order valence-electron chi connectivity index (χ4n) is 3.14. The first-order chi connectivity index (χ1) is 12.0. The Hall–Kier alpha value is -2.82. The van der Waals surface area contributed by atoms with E-state index >= 15 is 0 Å². The Labute approximate surface area is 147 Å². The van der Waals surface area contributed by atoms with Crippen LogP contribution in [0.2, 0.25) is 0 Å². The lowest BCUT2D eigenvalue weighted by Crippen LogP contribution is -2.38. The highest BCUT2D eigenvalue weighted by Gasteiger charge is 2.31. The average Bonchev–Trinajstić information content (AvgIpc) is 2.95. The van der Waals surface area contributed by atoms with E-state index in [1.807, 2.05) is 56.3 Å². The van der Waals surface area contributed by atoms with E-state index in [2.05, 4.69) is 0 Å². The van der Waals surface area contributed by atoms with E-state index in [0.717, 1.165) is 23.4 Å². The maximum Gasteiger partial charge on any atom is 0.338 e. The van der Waals surface area contributed by atoms with E-state index in [0.29, 0.717) is 5.56 Å². The highest BCUT2D eigenvalue weighted by molar-refractivity contribution is 5.99. The van der Waals surface area contributed by atoms with Crippen LogP contribution >= 0.6 is 0 Å². The fraction of sp³-hybridized carbons (Fsp3) is 0.300. The summed E-state index contributed by atoms with van der Waals surface area (Å²) in [6.07, 6.45) is 0.820. The molecule has 5 heteroatoms. The molecule has 5 nitrogen and oxygen atoms in total. The average molecular weight is 338 g/mol. The number of ether oxygens (including phenoxy) is 1. The van der Waals surface area contributed by atoms with Gasteiger partial charge in [0.15, 0.2) is 6.61 Å². The van der Waals surface area contributed by atoms with Crippen molar-refractivity contribution >= 4 is 23.3 Å². The number of carbonyl (C=O) groups is 2. The van der Waals surface area contributed by atoms with Gasteiger partial charge in [-0.05, 0) is 43.2 Å². The molecular weight excluding hydrogens is 316 g/mol. The highest BCUT2D eigenvalue weighted by atomic mass is 16.5. The topological polar surface area (TPSA) is 49.9 Å². The summed E-state index contributed by atoms with van der Waals surface area (Å²) in [6.45, 7) is 1.74. The number of hydrogen-bond donors (Lipinski definition) is 0. The third-order valence-electron chi connectivity index (χ3n) is 4.40. The number of fused-ring (bicyclic) bond motifs is 1. The maximum atomic E-state index is 12.6. The van der Waals surface area contributed by atoms with Crippen molar-refractivity contribution in [2.75, 3.05) is 30.5 Å². The molecule has 1 aliphatic rings. The van der Waals surface area contributed by atoms with E-state index < -0.39 is 5.97 Å². The number of carbonyl (C=O) groups excluding carboxylic acids is 2. The number of esters is 1. The first kappa shape index (κ1) is 17.0. The molecule has 130 valence electrons. The number of amides is 1. The van der Waals surface area contributed by atoms with E-state index in [9.17, 15) is 9.59 Å². The maximum absolute atomic E-state index is 12.6. The number of para-hydroxylation sites is 1. The molecule has 0 saturated carbocycles. The van der Waals surface area contributed by atoms with Gasteiger partial charge in [0.25, 0.3) is 5.91 Å². The van der Waals surface area contributed by atoms with Gasteiger partial charge in [-0.15, -0.1) is 0 Å². The van der Waals surface area contributed by atoms with Crippen LogP contribution in [-0.2, 0) is 16.0 Å². The van der Waals surface area contributed by atoms with Crippen LogP contribution in [0, 0.1) is 0 Å². The van der Waals surface area contributed by atoms with Crippen molar-refractivity contribution in [1.82, 2.24) is 0 Å². The van der Waals surface area contributed by atoms with Crippen LogP contribution in [0.25, 0.3) is 0 Å². The van der Waals surface area contributed by atoms with E-state index in [1.54, 1.807) is 23.1 Å². The molecule has 0 aliphatic carbocycles. The zero-order chi connectivity index (χ0) is 18.0. The van der Waals surface area contributed by atoms with Crippen LogP contribution in [0.4, 0.5) is 11.4 Å². The van der Waals surface area contributed by atoms with Crippen molar-refractivity contribution in [1.29, 1.82) is 0 Å². The summed E-state index contributed by atoms with van der Waals surface area (Å²) >= 11 is 0. The Morgan fingerprint density at radius 2 is 1.92 bits per heavy atom. The lowest BCUT2D eigenvalue weighted by atomic mass is 10.1. The fourth-order valence-corrected chi connectivity index (χ4v) is 3.14. The molecule has 0 fully saturated rings. The number of rotatable bonds is 4. The molecule has 2 aromatic carbocycles. The summed E-state index contributed by atoms with van der Waals surface area (Å²) < 4.78 is 5.25. The molecule has 1 unspecified atom stereocenters. The van der Waals surface area contributed by atoms with Crippen LogP contribution in [-0.4, -0.2) is 38.6 Å². The van der Waals surface area contributed by atoms with Crippen molar-refractivity contribution in [3.05, 3.63) is 59.7 Å². The molecule has 2 aromatic rings. The summed E-state index contributed by atoms with van der Waals surface area (Å²) in [7, 11) is 3.81. The second-order valence-electron chi connectivity index (χ2n) is 6.47. The summed E-state index contributed by atoms with van der Waals surface area (Å²) in [4.78, 5) is 28.5. The van der Waals surface area contributed by atoms with E-state index in [1.165, 1.54) is 0 Å². The van der Waals surface area contributed by atoms with Gasteiger partial charge in [0.05, 0.1) is 5.56 Å². The molecule has 0 saturated heterocycles. The molecule has 0 bridgehead atoms. The molecule has 0 aromatic heterocycles. The van der Waals surface area contributed by atoms with Gasteiger partial charge in [-0.25, -0.2) is 4.79 Å². The van der Waals surface area contributed by atoms with Gasteiger partial charge in [0, 0.05) is 31.5 Å². The Bertz CT molecular complexity index is 801. The van der Waals surface area contributed by atoms with Crippen molar-refractivity contribution < 1.29 is 14.3 Å². The van der Waals surface area contributed by atoms with Gasteiger partial charge < -0.3 is 14.5 Å². The van der Waals surface area contributed by atoms with Crippen LogP contribution < -0.4 is 9.80 Å². The van der Waals surface area contributed by atoms with Crippen LogP contribution in [0.15, 0.2) is 48.5 Å². The lowest BCUT2D eigenvalue weighted by molar-refractivity contribution is -0.122. The smallest absolute Gasteiger partial charge is 0.338 e. The quantitative estimate of drug-likeness (QED) is 0.805. The lowest BCUT2D eigenvalue weighted by Gasteiger charge is -2.22. The van der Waals surface area contributed by atoms with Crippen LogP contribution in [0.5, 0.6) is 0 Å². The van der Waals surface area contributed by atoms with E-state index in [4.69, 9.17) is 4.74 Å². The predicted octanol–water partition coefficient (Wildman–Crippen LogP) is 2.89. The van der Waals surface area contributed by atoms with Gasteiger partial charge in [0.1, 0.15) is 0 Å². The molecular formula is C20H22N2O3. The van der Waals surface area contributed by atoms with Crippen molar-refractivity contribution in [2.45, 2.75) is 19.4 Å². The Balaban J connectivity index is 1.66. The minimum atomic E-state index is -0.489. The zero-order valence-electron chi connectivity index (χ0n) is 14.7. The number of hydrogen-bond acceptors (Lipinski definition) is 4. The molecule has 0 spiro atoms. The Morgan fingerprint density at radius 3 is 2.68 bits per heavy atom. The third-order valence-corrected chi connectivity index (χ3v) is 4.40. The molecule has 1 heterocycles. The second-order valence-corrected chi connectivity index (χ2v) is 6.47. The first-order valence-electron chi connectivity index (χ1n) is 8.32. The summed E-state index contributed by atoms with van der Waals surface area (Å²) in [5.41, 5.74) is 3.40. The molecule has 0 N–H and O–H groups in total. The molecule has 1 aliphatic heterocycles. The van der Waals surface area contributed by atoms with Gasteiger partial charge in [-0.2, -0.15) is 0 Å². The second kappa shape index (κ2) is 6.97. The van der Waals surface area contributed by atoms with Gasteiger partial charge in [-0.1, -0.05) is 24.3 Å². The molecule has 3 rings (SSSR count). The van der Waals surface area contributed by atoms with Crippen molar-refractivity contribution in [3.8, 4) is 0 Å². The number of anilines is 2. The SMILES string of the molecule is CC1Cc2ccccc2N1C(=O)COC(=O)c1cccc(N(C)C)c1. The van der Waals surface area contributed by atoms with Gasteiger partial charge in [-0.3, -0.25) is 4.79 Å². The minimum Gasteiger partial charge on any atom is -0.452 e. The molecule has 25 heavy (non-hydrogen) atoms. The third kappa shape index (κ3) is 3.50. The van der Waals surface area contributed by atoms with Crippen molar-refractivity contribution in [3.63, 3.8) is 0 Å². The Kier molecular flexibility index (Phi) is 4.74. The zero-order valence-corrected chi connectivity index (χ0v) is 14.7. The summed E-state index contributed by atoms with van der Waals surface area (Å²) in [5.74, 6) is -0.688. The van der Waals surface area contributed by atoms with Gasteiger partial charge >= 0.3 is 5.97 Å². The highest BCUT2D eigenvalue weighted by Crippen LogP contribution is 2.31.